The Morgan fingerprint density at radius 1 is 0.840 bits per heavy atom. The molecule has 0 radical (unpaired) electrons. The molecule has 0 saturated carbocycles. The van der Waals surface area contributed by atoms with Crippen LogP contribution in [-0.2, 0) is 0 Å². The zero-order valence-electron chi connectivity index (χ0n) is 14.9. The monoisotopic (exact) mass is 339 g/mol. The van der Waals surface area contributed by atoms with E-state index in [9.17, 15) is 10.2 Å². The van der Waals surface area contributed by atoms with E-state index in [1.54, 1.807) is 0 Å². The summed E-state index contributed by atoms with van der Waals surface area (Å²) in [6.45, 7) is 5.76. The molecule has 3 rings (SSSR count). The van der Waals surface area contributed by atoms with E-state index < -0.39 is 12.2 Å². The maximum absolute atomic E-state index is 10.6. The number of benzene rings is 2. The van der Waals surface area contributed by atoms with Gasteiger partial charge < -0.3 is 10.2 Å². The molecule has 4 heteroatoms. The molecule has 2 N–H and O–H groups in total. The molecule has 1 heterocycles. The number of aliphatic hydroxyl groups excluding tert-OH is 2. The van der Waals surface area contributed by atoms with Crippen LogP contribution in [0.4, 0.5) is 0 Å². The van der Waals surface area contributed by atoms with Gasteiger partial charge in [0.15, 0.2) is 0 Å². The second kappa shape index (κ2) is 7.81. The Morgan fingerprint density at radius 3 is 1.92 bits per heavy atom. The normalized spacial score (nSPS) is 19.2. The van der Waals surface area contributed by atoms with Gasteiger partial charge in [0.2, 0.25) is 6.34 Å². The Balaban J connectivity index is 1.69. The molecule has 4 atom stereocenters. The van der Waals surface area contributed by atoms with Crippen LogP contribution < -0.4 is 0 Å². The number of rotatable bonds is 6. The molecule has 4 nitrogen and oxygen atoms in total. The minimum absolute atomic E-state index is 0.0199. The molecule has 25 heavy (non-hydrogen) atoms. The largest absolute Gasteiger partial charge is 0.384 e. The van der Waals surface area contributed by atoms with E-state index in [0.717, 1.165) is 24.2 Å². The van der Waals surface area contributed by atoms with Gasteiger partial charge in [0, 0.05) is 0 Å². The Morgan fingerprint density at radius 2 is 1.36 bits per heavy atom. The summed E-state index contributed by atoms with van der Waals surface area (Å²) in [5, 5.41) is 21.3. The molecule has 0 aliphatic carbocycles. The molecule has 0 saturated heterocycles. The fourth-order valence-electron chi connectivity index (χ4n) is 3.37. The van der Waals surface area contributed by atoms with E-state index >= 15 is 0 Å². The Kier molecular flexibility index (Phi) is 5.51. The van der Waals surface area contributed by atoms with Gasteiger partial charge in [-0.15, -0.1) is 0 Å². The molecule has 1 aliphatic heterocycles. The molecule has 0 fully saturated rings. The number of hydrogen-bond donors (Lipinski definition) is 2. The van der Waals surface area contributed by atoms with Crippen LogP contribution >= 0.6 is 0 Å². The van der Waals surface area contributed by atoms with Crippen LogP contribution in [-0.4, -0.2) is 51.2 Å². The van der Waals surface area contributed by atoms with Crippen LogP contribution in [0.2, 0.25) is 0 Å². The van der Waals surface area contributed by atoms with Crippen molar-refractivity contribution in [3.63, 3.8) is 0 Å². The highest BCUT2D eigenvalue weighted by Gasteiger charge is 2.34. The number of aliphatic hydroxyl groups is 2. The summed E-state index contributed by atoms with van der Waals surface area (Å²) in [6.07, 6.45) is 0.978. The lowest BCUT2D eigenvalue weighted by Gasteiger charge is -2.22. The second-order valence-electron chi connectivity index (χ2n) is 6.78. The van der Waals surface area contributed by atoms with Crippen molar-refractivity contribution in [2.24, 2.45) is 0 Å². The van der Waals surface area contributed by atoms with Crippen molar-refractivity contribution >= 4 is 6.34 Å². The molecule has 0 bridgehead atoms. The highest BCUT2D eigenvalue weighted by atomic mass is 16.3. The van der Waals surface area contributed by atoms with Crippen molar-refractivity contribution < 1.29 is 14.8 Å². The second-order valence-corrected chi connectivity index (χ2v) is 6.78. The van der Waals surface area contributed by atoms with Crippen LogP contribution in [0.25, 0.3) is 0 Å². The van der Waals surface area contributed by atoms with E-state index in [1.807, 2.05) is 80.8 Å². The first-order valence-electron chi connectivity index (χ1n) is 8.90. The first kappa shape index (κ1) is 17.6. The standard InChI is InChI=1S/C21H27N2O2/c1-16(20(24)18-9-5-3-6-10-18)22-13-14-23(15-22)17(2)21(25)19-11-7-4-8-12-19/h3-12,15-17,20-21,24-25H,13-14H2,1-2H3/q+1/t16-,17-,20-,21-/m0/s1. The third kappa shape index (κ3) is 3.91. The molecule has 0 amide bonds. The van der Waals surface area contributed by atoms with Gasteiger partial charge in [0.25, 0.3) is 0 Å². The van der Waals surface area contributed by atoms with Crippen molar-refractivity contribution in [2.45, 2.75) is 38.1 Å². The summed E-state index contributed by atoms with van der Waals surface area (Å²) in [5.74, 6) is 0. The maximum Gasteiger partial charge on any atom is 0.235 e. The average Bonchev–Trinajstić information content (AvgIpc) is 3.17. The van der Waals surface area contributed by atoms with Crippen LogP contribution in [0.3, 0.4) is 0 Å². The first-order chi connectivity index (χ1) is 12.1. The summed E-state index contributed by atoms with van der Waals surface area (Å²) in [6, 6.07) is 19.5. The lowest BCUT2D eigenvalue weighted by atomic mass is 10.0. The molecule has 132 valence electrons. The van der Waals surface area contributed by atoms with Crippen molar-refractivity contribution in [1.82, 2.24) is 4.90 Å². The van der Waals surface area contributed by atoms with Gasteiger partial charge in [0.1, 0.15) is 37.4 Å². The van der Waals surface area contributed by atoms with Crippen molar-refractivity contribution in [3.8, 4) is 0 Å². The molecule has 0 unspecified atom stereocenters. The third-order valence-corrected chi connectivity index (χ3v) is 5.16. The van der Waals surface area contributed by atoms with Gasteiger partial charge in [-0.25, -0.2) is 0 Å². The average molecular weight is 339 g/mol. The molecular formula is C21H27N2O2+. The van der Waals surface area contributed by atoms with E-state index in [4.69, 9.17) is 0 Å². The summed E-state index contributed by atoms with van der Waals surface area (Å²) in [7, 11) is 0. The predicted molar refractivity (Wildman–Crippen MR) is 99.6 cm³/mol. The molecule has 1 aliphatic rings. The zero-order valence-corrected chi connectivity index (χ0v) is 14.9. The van der Waals surface area contributed by atoms with Gasteiger partial charge in [0.05, 0.1) is 0 Å². The van der Waals surface area contributed by atoms with Gasteiger partial charge in [-0.05, 0) is 25.0 Å². The Labute approximate surface area is 149 Å². The summed E-state index contributed by atoms with van der Waals surface area (Å²) in [5.41, 5.74) is 1.86. The lowest BCUT2D eigenvalue weighted by Crippen LogP contribution is -2.35. The summed E-state index contributed by atoms with van der Waals surface area (Å²) >= 11 is 0. The minimum atomic E-state index is -0.535. The maximum atomic E-state index is 10.6. The Hall–Kier alpha value is -2.17. The SMILES string of the molecule is C[C@@H]([C@H](O)c1ccccc1)N1C=[N+]([C@@H](C)[C@H](O)c2ccccc2)CC1. The van der Waals surface area contributed by atoms with Gasteiger partial charge in [-0.1, -0.05) is 60.7 Å². The molecule has 0 aromatic heterocycles. The van der Waals surface area contributed by atoms with Crippen molar-refractivity contribution in [3.05, 3.63) is 71.8 Å². The van der Waals surface area contributed by atoms with Crippen LogP contribution in [0.5, 0.6) is 0 Å². The summed E-state index contributed by atoms with van der Waals surface area (Å²) < 4.78 is 2.16. The molecule has 2 aromatic rings. The van der Waals surface area contributed by atoms with Crippen LogP contribution in [0.15, 0.2) is 60.7 Å². The smallest absolute Gasteiger partial charge is 0.235 e. The minimum Gasteiger partial charge on any atom is -0.384 e. The third-order valence-electron chi connectivity index (χ3n) is 5.16. The van der Waals surface area contributed by atoms with Crippen LogP contribution in [0.1, 0.15) is 37.2 Å². The van der Waals surface area contributed by atoms with E-state index in [-0.39, 0.29) is 12.1 Å². The highest BCUT2D eigenvalue weighted by Crippen LogP contribution is 2.23. The number of nitrogens with zero attached hydrogens (tertiary/aromatic N) is 2. The quantitative estimate of drug-likeness (QED) is 0.795. The van der Waals surface area contributed by atoms with E-state index in [1.165, 1.54) is 0 Å². The summed E-state index contributed by atoms with van der Waals surface area (Å²) in [4.78, 5) is 2.16. The fraction of sp³-hybridized carbons (Fsp3) is 0.381. The molecule has 2 aromatic carbocycles. The zero-order chi connectivity index (χ0) is 17.8. The van der Waals surface area contributed by atoms with Gasteiger partial charge >= 0.3 is 0 Å². The molecular weight excluding hydrogens is 312 g/mol. The Bertz CT molecular complexity index is 702. The van der Waals surface area contributed by atoms with E-state index in [2.05, 4.69) is 9.48 Å². The topological polar surface area (TPSA) is 46.7 Å². The fourth-order valence-corrected chi connectivity index (χ4v) is 3.37. The molecule has 0 spiro atoms. The highest BCUT2D eigenvalue weighted by molar-refractivity contribution is 5.51. The van der Waals surface area contributed by atoms with Crippen molar-refractivity contribution in [1.29, 1.82) is 0 Å². The van der Waals surface area contributed by atoms with E-state index in [0.29, 0.717) is 0 Å². The first-order valence-corrected chi connectivity index (χ1v) is 8.90. The van der Waals surface area contributed by atoms with Gasteiger partial charge in [-0.2, -0.15) is 0 Å². The predicted octanol–water partition coefficient (Wildman–Crippen LogP) is 2.59. The van der Waals surface area contributed by atoms with Crippen LogP contribution in [0, 0.1) is 0 Å². The number of hydrogen-bond acceptors (Lipinski definition) is 3. The van der Waals surface area contributed by atoms with Gasteiger partial charge in [-0.3, -0.25) is 9.48 Å². The lowest BCUT2D eigenvalue weighted by molar-refractivity contribution is -0.561. The van der Waals surface area contributed by atoms with Crippen molar-refractivity contribution in [2.75, 3.05) is 13.1 Å².